The number of amides is 1. The van der Waals surface area contributed by atoms with Gasteiger partial charge in [0.25, 0.3) is 5.91 Å². The molecule has 0 radical (unpaired) electrons. The van der Waals surface area contributed by atoms with Gasteiger partial charge in [0.2, 0.25) is 0 Å². The van der Waals surface area contributed by atoms with E-state index in [2.05, 4.69) is 15.4 Å². The van der Waals surface area contributed by atoms with Crippen molar-refractivity contribution >= 4 is 23.2 Å². The lowest BCUT2D eigenvalue weighted by molar-refractivity contribution is 0.102. The van der Waals surface area contributed by atoms with Crippen molar-refractivity contribution < 1.29 is 9.21 Å². The molecule has 6 nitrogen and oxygen atoms in total. The summed E-state index contributed by atoms with van der Waals surface area (Å²) in [4.78, 5) is 16.2. The molecule has 0 aliphatic carbocycles. The first-order valence-electron chi connectivity index (χ1n) is 6.15. The van der Waals surface area contributed by atoms with Gasteiger partial charge in [0, 0.05) is 5.02 Å². The summed E-state index contributed by atoms with van der Waals surface area (Å²) in [5.74, 6) is 0.279. The predicted octanol–water partition coefficient (Wildman–Crippen LogP) is 3.07. The Morgan fingerprint density at radius 2 is 2.24 bits per heavy atom. The average Bonchev–Trinajstić information content (AvgIpc) is 3.10. The molecular formula is C14H11ClN4O2. The monoisotopic (exact) mass is 302 g/mol. The van der Waals surface area contributed by atoms with Crippen LogP contribution in [-0.4, -0.2) is 20.7 Å². The van der Waals surface area contributed by atoms with Crippen LogP contribution in [0.3, 0.4) is 0 Å². The third kappa shape index (κ3) is 2.66. The Balaban J connectivity index is 1.97. The van der Waals surface area contributed by atoms with Gasteiger partial charge in [0.1, 0.15) is 18.4 Å². The summed E-state index contributed by atoms with van der Waals surface area (Å²) in [5, 5.41) is 7.38. The smallest absolute Gasteiger partial charge is 0.259 e. The van der Waals surface area contributed by atoms with E-state index in [1.807, 2.05) is 0 Å². The van der Waals surface area contributed by atoms with Crippen molar-refractivity contribution in [2.24, 2.45) is 0 Å². The van der Waals surface area contributed by atoms with E-state index in [9.17, 15) is 4.79 Å². The molecular weight excluding hydrogens is 292 g/mol. The Morgan fingerprint density at radius 1 is 1.38 bits per heavy atom. The van der Waals surface area contributed by atoms with Gasteiger partial charge in [-0.2, -0.15) is 5.10 Å². The lowest BCUT2D eigenvalue weighted by Gasteiger charge is -2.11. The molecule has 1 N–H and O–H groups in total. The molecule has 0 atom stereocenters. The maximum Gasteiger partial charge on any atom is 0.259 e. The molecule has 3 rings (SSSR count). The molecule has 0 saturated heterocycles. The summed E-state index contributed by atoms with van der Waals surface area (Å²) in [6.45, 7) is 1.73. The van der Waals surface area contributed by atoms with Crippen molar-refractivity contribution in [3.8, 4) is 5.69 Å². The minimum Gasteiger partial charge on any atom is -0.469 e. The Morgan fingerprint density at radius 3 is 2.90 bits per heavy atom. The van der Waals surface area contributed by atoms with E-state index in [4.69, 9.17) is 16.0 Å². The highest BCUT2D eigenvalue weighted by atomic mass is 35.5. The molecule has 0 unspecified atom stereocenters. The van der Waals surface area contributed by atoms with Crippen LogP contribution < -0.4 is 5.32 Å². The molecule has 2 heterocycles. The van der Waals surface area contributed by atoms with Crippen LogP contribution in [0.2, 0.25) is 5.02 Å². The summed E-state index contributed by atoms with van der Waals surface area (Å²) in [7, 11) is 0. The number of carbonyl (C=O) groups is 1. The van der Waals surface area contributed by atoms with Gasteiger partial charge in [-0.15, -0.1) is 0 Å². The van der Waals surface area contributed by atoms with Gasteiger partial charge in [-0.1, -0.05) is 11.6 Å². The SMILES string of the molecule is Cc1occc1C(=O)Nc1cc(Cl)ccc1-n1cncn1. The molecule has 3 aromatic rings. The molecule has 0 saturated carbocycles. The fourth-order valence-electron chi connectivity index (χ4n) is 1.95. The van der Waals surface area contributed by atoms with Crippen molar-refractivity contribution in [3.63, 3.8) is 0 Å². The number of furan rings is 1. The molecule has 106 valence electrons. The largest absolute Gasteiger partial charge is 0.469 e. The number of anilines is 1. The molecule has 0 aliphatic rings. The standard InChI is InChI=1S/C14H11ClN4O2/c1-9-11(4-5-21-9)14(20)18-12-6-10(15)2-3-13(12)19-8-16-7-17-19/h2-8H,1H3,(H,18,20). The fraction of sp³-hybridized carbons (Fsp3) is 0.0714. The van der Waals surface area contributed by atoms with Gasteiger partial charge in [-0.25, -0.2) is 9.67 Å². The van der Waals surface area contributed by atoms with Crippen LogP contribution in [-0.2, 0) is 0 Å². The van der Waals surface area contributed by atoms with Crippen molar-refractivity contribution in [1.82, 2.24) is 14.8 Å². The average molecular weight is 303 g/mol. The van der Waals surface area contributed by atoms with Crippen molar-refractivity contribution in [1.29, 1.82) is 0 Å². The van der Waals surface area contributed by atoms with E-state index in [0.29, 0.717) is 27.7 Å². The maximum atomic E-state index is 12.3. The van der Waals surface area contributed by atoms with Crippen molar-refractivity contribution in [3.05, 3.63) is 59.5 Å². The van der Waals surface area contributed by atoms with E-state index in [1.54, 1.807) is 42.2 Å². The third-order valence-electron chi connectivity index (χ3n) is 2.98. The molecule has 2 aromatic heterocycles. The first-order valence-corrected chi connectivity index (χ1v) is 6.53. The van der Waals surface area contributed by atoms with Gasteiger partial charge >= 0.3 is 0 Å². The second-order valence-corrected chi connectivity index (χ2v) is 4.78. The van der Waals surface area contributed by atoms with Crippen LogP contribution in [0.4, 0.5) is 5.69 Å². The number of carbonyl (C=O) groups excluding carboxylic acids is 1. The van der Waals surface area contributed by atoms with Crippen LogP contribution in [0.5, 0.6) is 0 Å². The van der Waals surface area contributed by atoms with Gasteiger partial charge in [0.05, 0.1) is 23.2 Å². The highest BCUT2D eigenvalue weighted by Crippen LogP contribution is 2.25. The van der Waals surface area contributed by atoms with E-state index < -0.39 is 0 Å². The lowest BCUT2D eigenvalue weighted by Crippen LogP contribution is -2.14. The minimum atomic E-state index is -0.273. The molecule has 1 aromatic carbocycles. The lowest BCUT2D eigenvalue weighted by atomic mass is 10.2. The Bertz CT molecular complexity index is 780. The Kier molecular flexibility index (Phi) is 3.45. The first kappa shape index (κ1) is 13.4. The number of halogens is 1. The molecule has 7 heteroatoms. The highest BCUT2D eigenvalue weighted by Gasteiger charge is 2.14. The van der Waals surface area contributed by atoms with Crippen molar-refractivity contribution in [2.75, 3.05) is 5.32 Å². The second kappa shape index (κ2) is 5.41. The minimum absolute atomic E-state index is 0.273. The van der Waals surface area contributed by atoms with Crippen molar-refractivity contribution in [2.45, 2.75) is 6.92 Å². The van der Waals surface area contributed by atoms with Gasteiger partial charge < -0.3 is 9.73 Å². The second-order valence-electron chi connectivity index (χ2n) is 4.35. The molecule has 0 fully saturated rings. The van der Waals surface area contributed by atoms with E-state index >= 15 is 0 Å². The zero-order valence-electron chi connectivity index (χ0n) is 11.1. The molecule has 21 heavy (non-hydrogen) atoms. The number of hydrogen-bond donors (Lipinski definition) is 1. The normalized spacial score (nSPS) is 10.6. The number of aryl methyl sites for hydroxylation is 1. The van der Waals surface area contributed by atoms with E-state index in [1.165, 1.54) is 12.6 Å². The van der Waals surface area contributed by atoms with Gasteiger partial charge in [-0.3, -0.25) is 4.79 Å². The first-order chi connectivity index (χ1) is 10.1. The van der Waals surface area contributed by atoms with Crippen LogP contribution in [0.1, 0.15) is 16.1 Å². The molecule has 0 spiro atoms. The van der Waals surface area contributed by atoms with Crippen LogP contribution in [0.25, 0.3) is 5.69 Å². The number of nitrogens with one attached hydrogen (secondary N) is 1. The summed E-state index contributed by atoms with van der Waals surface area (Å²) in [6.07, 6.45) is 4.43. The molecule has 0 bridgehead atoms. The number of rotatable bonds is 3. The Hall–Kier alpha value is -2.60. The molecule has 0 aliphatic heterocycles. The maximum absolute atomic E-state index is 12.3. The number of hydrogen-bond acceptors (Lipinski definition) is 4. The number of nitrogens with zero attached hydrogens (tertiary/aromatic N) is 3. The topological polar surface area (TPSA) is 73.0 Å². The summed E-state index contributed by atoms with van der Waals surface area (Å²) in [5.41, 5.74) is 1.68. The van der Waals surface area contributed by atoms with Crippen LogP contribution in [0.15, 0.2) is 47.6 Å². The van der Waals surface area contributed by atoms with E-state index in [0.717, 1.165) is 0 Å². The number of aromatic nitrogens is 3. The quantitative estimate of drug-likeness (QED) is 0.807. The van der Waals surface area contributed by atoms with Gasteiger partial charge in [0.15, 0.2) is 0 Å². The Labute approximate surface area is 125 Å². The zero-order valence-corrected chi connectivity index (χ0v) is 11.8. The fourth-order valence-corrected chi connectivity index (χ4v) is 2.12. The number of benzene rings is 1. The third-order valence-corrected chi connectivity index (χ3v) is 3.21. The summed E-state index contributed by atoms with van der Waals surface area (Å²) >= 11 is 6.00. The van der Waals surface area contributed by atoms with Crippen LogP contribution >= 0.6 is 11.6 Å². The molecule has 1 amide bonds. The van der Waals surface area contributed by atoms with Gasteiger partial charge in [-0.05, 0) is 31.2 Å². The summed E-state index contributed by atoms with van der Waals surface area (Å²) in [6, 6.07) is 6.75. The predicted molar refractivity (Wildman–Crippen MR) is 77.8 cm³/mol. The van der Waals surface area contributed by atoms with Crippen LogP contribution in [0, 0.1) is 6.92 Å². The van der Waals surface area contributed by atoms with E-state index in [-0.39, 0.29) is 5.91 Å². The highest BCUT2D eigenvalue weighted by molar-refractivity contribution is 6.31. The zero-order chi connectivity index (χ0) is 14.8. The summed E-state index contributed by atoms with van der Waals surface area (Å²) < 4.78 is 6.68.